The van der Waals surface area contributed by atoms with E-state index in [0.717, 1.165) is 0 Å². The number of ketones is 2. The third-order valence-corrected chi connectivity index (χ3v) is 7.08. The molecule has 8 heteroatoms. The Morgan fingerprint density at radius 1 is 0.857 bits per heavy atom. The van der Waals surface area contributed by atoms with E-state index in [2.05, 4.69) is 0 Å². The molecule has 3 aromatic carbocycles. The molecule has 0 bridgehead atoms. The summed E-state index contributed by atoms with van der Waals surface area (Å²) in [6.07, 6.45) is 0.927. The van der Waals surface area contributed by atoms with Crippen molar-refractivity contribution in [2.75, 3.05) is 7.11 Å². The quantitative estimate of drug-likeness (QED) is 0.359. The Kier molecular flexibility index (Phi) is 4.30. The fraction of sp³-hybridized carbons (Fsp3) is 0.222. The second-order valence-electron chi connectivity index (χ2n) is 9.06. The van der Waals surface area contributed by atoms with Gasteiger partial charge in [0.25, 0.3) is 0 Å². The molecule has 6 rings (SSSR count). The van der Waals surface area contributed by atoms with Gasteiger partial charge < -0.3 is 24.8 Å². The largest absolute Gasteiger partial charge is 0.507 e. The van der Waals surface area contributed by atoms with Gasteiger partial charge in [0.05, 0.1) is 23.8 Å². The van der Waals surface area contributed by atoms with Gasteiger partial charge in [0.15, 0.2) is 5.78 Å². The first-order chi connectivity index (χ1) is 16.7. The van der Waals surface area contributed by atoms with E-state index >= 15 is 0 Å². The van der Waals surface area contributed by atoms with Crippen molar-refractivity contribution in [1.82, 2.24) is 0 Å². The summed E-state index contributed by atoms with van der Waals surface area (Å²) >= 11 is 0. The van der Waals surface area contributed by atoms with Crippen LogP contribution in [0.5, 0.6) is 23.0 Å². The summed E-state index contributed by atoms with van der Waals surface area (Å²) in [5.41, 5.74) is 1.63. The first-order valence-corrected chi connectivity index (χ1v) is 11.2. The van der Waals surface area contributed by atoms with Gasteiger partial charge in [-0.25, -0.2) is 4.79 Å². The van der Waals surface area contributed by atoms with Gasteiger partial charge in [-0.2, -0.15) is 0 Å². The summed E-state index contributed by atoms with van der Waals surface area (Å²) in [5, 5.41) is 33.0. The number of ether oxygens (including phenoxy) is 2. The number of rotatable bonds is 1. The zero-order valence-corrected chi connectivity index (χ0v) is 18.9. The Labute approximate surface area is 199 Å². The van der Waals surface area contributed by atoms with Crippen molar-refractivity contribution in [2.24, 2.45) is 0 Å². The normalized spacial score (nSPS) is 17.5. The summed E-state index contributed by atoms with van der Waals surface area (Å²) in [6, 6.07) is 5.99. The van der Waals surface area contributed by atoms with E-state index in [4.69, 9.17) is 9.47 Å². The van der Waals surface area contributed by atoms with E-state index in [1.165, 1.54) is 25.3 Å². The van der Waals surface area contributed by atoms with E-state index in [9.17, 15) is 29.7 Å². The minimum atomic E-state index is -0.661. The van der Waals surface area contributed by atoms with Gasteiger partial charge in [-0.05, 0) is 37.0 Å². The number of hydrogen-bond acceptors (Lipinski definition) is 8. The molecule has 3 aromatic rings. The lowest BCUT2D eigenvalue weighted by Crippen LogP contribution is -2.26. The third kappa shape index (κ3) is 2.65. The van der Waals surface area contributed by atoms with Gasteiger partial charge in [0.1, 0.15) is 34.7 Å². The van der Waals surface area contributed by atoms with Gasteiger partial charge >= 0.3 is 5.97 Å². The number of benzene rings is 3. The minimum Gasteiger partial charge on any atom is -0.507 e. The maximum Gasteiger partial charge on any atom is 0.342 e. The third-order valence-electron chi connectivity index (χ3n) is 7.08. The molecule has 0 fully saturated rings. The molecule has 2 aliphatic carbocycles. The number of aryl methyl sites for hydroxylation is 1. The summed E-state index contributed by atoms with van der Waals surface area (Å²) in [5.74, 6) is -3.00. The highest BCUT2D eigenvalue weighted by Gasteiger charge is 2.42. The standard InChI is InChI=1S/C27H20O8/c1-10-8-12-9-11-6-7-14-19(16(11)23(30)17(12)27(33)35-10)25(32)20-21(26(14)34-2)24(31)18-13(22(20)29)4-3-5-15(18)28/h3-5,9-10,28,30,32H,6-8H2,1-2H3/t10-/m0/s1. The van der Waals surface area contributed by atoms with Crippen LogP contribution >= 0.6 is 0 Å². The van der Waals surface area contributed by atoms with Crippen LogP contribution in [0, 0.1) is 0 Å². The van der Waals surface area contributed by atoms with Gasteiger partial charge in [-0.15, -0.1) is 0 Å². The molecule has 3 aliphatic rings. The first-order valence-electron chi connectivity index (χ1n) is 11.2. The predicted octanol–water partition coefficient (Wildman–Crippen LogP) is 3.45. The molecule has 0 unspecified atom stereocenters. The lowest BCUT2D eigenvalue weighted by Gasteiger charge is -2.31. The Hall–Kier alpha value is -4.33. The maximum atomic E-state index is 13.5. The predicted molar refractivity (Wildman–Crippen MR) is 123 cm³/mol. The first kappa shape index (κ1) is 21.2. The average molecular weight is 472 g/mol. The molecule has 0 saturated carbocycles. The molecule has 0 radical (unpaired) electrons. The van der Waals surface area contributed by atoms with Crippen LogP contribution in [0.25, 0.3) is 11.1 Å². The topological polar surface area (TPSA) is 130 Å². The number of esters is 1. The lowest BCUT2D eigenvalue weighted by atomic mass is 9.75. The van der Waals surface area contributed by atoms with E-state index < -0.39 is 23.3 Å². The average Bonchev–Trinajstić information content (AvgIpc) is 2.81. The van der Waals surface area contributed by atoms with Gasteiger partial charge in [-0.3, -0.25) is 9.59 Å². The molecule has 35 heavy (non-hydrogen) atoms. The molecule has 0 saturated heterocycles. The smallest absolute Gasteiger partial charge is 0.342 e. The van der Waals surface area contributed by atoms with Crippen LogP contribution in [0.4, 0.5) is 0 Å². The molecule has 3 N–H and O–H groups in total. The summed E-state index contributed by atoms with van der Waals surface area (Å²) in [6.45, 7) is 1.77. The number of aromatic hydroxyl groups is 3. The number of phenols is 3. The molecule has 176 valence electrons. The van der Waals surface area contributed by atoms with E-state index in [1.807, 2.05) is 6.07 Å². The van der Waals surface area contributed by atoms with Crippen LogP contribution in [0.1, 0.15) is 65.8 Å². The highest BCUT2D eigenvalue weighted by molar-refractivity contribution is 6.32. The van der Waals surface area contributed by atoms with E-state index in [0.29, 0.717) is 36.0 Å². The molecule has 1 atom stereocenters. The number of cyclic esters (lactones) is 1. The van der Waals surface area contributed by atoms with Crippen LogP contribution in [0.2, 0.25) is 0 Å². The molecular formula is C27H20O8. The van der Waals surface area contributed by atoms with E-state index in [1.54, 1.807) is 6.92 Å². The van der Waals surface area contributed by atoms with Crippen molar-refractivity contribution >= 4 is 17.5 Å². The van der Waals surface area contributed by atoms with Gasteiger partial charge in [0.2, 0.25) is 5.78 Å². The Morgan fingerprint density at radius 3 is 2.34 bits per heavy atom. The molecule has 1 heterocycles. The number of phenolic OH excluding ortho intramolecular Hbond substituents is 3. The second kappa shape index (κ2) is 7.09. The van der Waals surface area contributed by atoms with Crippen molar-refractivity contribution in [3.63, 3.8) is 0 Å². The number of methoxy groups -OCH3 is 1. The lowest BCUT2D eigenvalue weighted by molar-refractivity contribution is 0.0297. The van der Waals surface area contributed by atoms with Gasteiger partial charge in [-0.1, -0.05) is 18.2 Å². The molecule has 0 amide bonds. The second-order valence-corrected chi connectivity index (χ2v) is 9.06. The van der Waals surface area contributed by atoms with Gasteiger partial charge in [0, 0.05) is 28.7 Å². The van der Waals surface area contributed by atoms with Crippen LogP contribution in [0.15, 0.2) is 24.3 Å². The summed E-state index contributed by atoms with van der Waals surface area (Å²) in [7, 11) is 1.35. The Balaban J connectivity index is 1.69. The minimum absolute atomic E-state index is 0.0310. The molecule has 0 aromatic heterocycles. The summed E-state index contributed by atoms with van der Waals surface area (Å²) in [4.78, 5) is 39.6. The van der Waals surface area contributed by atoms with Crippen LogP contribution < -0.4 is 4.74 Å². The van der Waals surface area contributed by atoms with Crippen molar-refractivity contribution in [2.45, 2.75) is 32.3 Å². The fourth-order valence-corrected chi connectivity index (χ4v) is 5.66. The Morgan fingerprint density at radius 2 is 1.60 bits per heavy atom. The molecular weight excluding hydrogens is 452 g/mol. The zero-order chi connectivity index (χ0) is 24.8. The fourth-order valence-electron chi connectivity index (χ4n) is 5.66. The summed E-state index contributed by atoms with van der Waals surface area (Å²) < 4.78 is 10.9. The van der Waals surface area contributed by atoms with Crippen LogP contribution in [0.3, 0.4) is 0 Å². The zero-order valence-electron chi connectivity index (χ0n) is 18.9. The Bertz CT molecular complexity index is 1530. The van der Waals surface area contributed by atoms with Crippen molar-refractivity contribution in [1.29, 1.82) is 0 Å². The monoisotopic (exact) mass is 472 g/mol. The number of carbonyl (C=O) groups excluding carboxylic acids is 3. The molecule has 1 aliphatic heterocycles. The number of fused-ring (bicyclic) bond motifs is 6. The van der Waals surface area contributed by atoms with Crippen molar-refractivity contribution in [3.8, 4) is 34.1 Å². The maximum absolute atomic E-state index is 13.5. The number of carbonyl (C=O) groups is 3. The highest BCUT2D eigenvalue weighted by Crippen LogP contribution is 2.54. The molecule has 8 nitrogen and oxygen atoms in total. The number of hydrogen-bond donors (Lipinski definition) is 3. The molecule has 0 spiro atoms. The van der Waals surface area contributed by atoms with Crippen LogP contribution in [-0.4, -0.2) is 46.1 Å². The highest BCUT2D eigenvalue weighted by atomic mass is 16.5. The van der Waals surface area contributed by atoms with E-state index in [-0.39, 0.29) is 62.3 Å². The van der Waals surface area contributed by atoms with Crippen LogP contribution in [-0.2, 0) is 24.0 Å². The van der Waals surface area contributed by atoms with Crippen molar-refractivity contribution < 1.29 is 39.2 Å². The SMILES string of the molecule is COc1c2c(c(O)c3c1C(=O)c1c(O)cccc1C3=O)-c1c(cc3c(c1O)C(=O)O[C@@H](C)C3)CC2. The van der Waals surface area contributed by atoms with Crippen molar-refractivity contribution in [3.05, 3.63) is 68.8 Å².